The Hall–Kier alpha value is -1.88. The zero-order chi connectivity index (χ0) is 18.9. The van der Waals surface area contributed by atoms with Gasteiger partial charge in [-0.1, -0.05) is 25.5 Å². The molecule has 5 nitrogen and oxygen atoms in total. The molecule has 6 atom stereocenters. The maximum Gasteiger partial charge on any atom is 0.227 e. The number of aliphatic hydroxyl groups is 1. The van der Waals surface area contributed by atoms with E-state index in [-0.39, 0.29) is 48.4 Å². The van der Waals surface area contributed by atoms with Crippen LogP contribution in [-0.4, -0.2) is 34.3 Å². The van der Waals surface area contributed by atoms with Gasteiger partial charge in [0.05, 0.1) is 0 Å². The van der Waals surface area contributed by atoms with Crippen molar-refractivity contribution in [2.24, 2.45) is 28.6 Å². The van der Waals surface area contributed by atoms with Gasteiger partial charge in [-0.2, -0.15) is 0 Å². The highest BCUT2D eigenvalue weighted by Gasteiger charge is 2.68. The first-order chi connectivity index (χ1) is 12.2. The zero-order valence-corrected chi connectivity index (χ0v) is 15.2. The quantitative estimate of drug-likeness (QED) is 0.604. The lowest BCUT2D eigenvalue weighted by atomic mass is 9.46. The van der Waals surface area contributed by atoms with Crippen LogP contribution >= 0.6 is 0 Å². The van der Waals surface area contributed by atoms with Crippen molar-refractivity contribution in [3.05, 3.63) is 23.8 Å². The molecule has 26 heavy (non-hydrogen) atoms. The molecule has 5 heteroatoms. The lowest BCUT2D eigenvalue weighted by Gasteiger charge is -2.56. The van der Waals surface area contributed by atoms with E-state index in [9.17, 15) is 24.3 Å². The Morgan fingerprint density at radius 3 is 2.69 bits per heavy atom. The highest BCUT2D eigenvalue weighted by Crippen LogP contribution is 2.65. The standard InChI is InChI=1S/C21H24O5/c1-19-7-5-13(23)9-12(19)3-4-14-15-6-8-21(26,17(25)11-22)20(15,2)10-16(24)18(14)19/h5,7,9,11,14-15,18,26H,3-4,6,8,10H2,1-2H3/t14-,15+,18-,19+,20+,21+/m1/s1. The van der Waals surface area contributed by atoms with Crippen molar-refractivity contribution in [3.8, 4) is 0 Å². The first-order valence-electron chi connectivity index (χ1n) is 9.36. The molecule has 0 radical (unpaired) electrons. The van der Waals surface area contributed by atoms with Crippen molar-refractivity contribution < 1.29 is 24.3 Å². The van der Waals surface area contributed by atoms with E-state index in [2.05, 4.69) is 0 Å². The summed E-state index contributed by atoms with van der Waals surface area (Å²) < 4.78 is 0. The molecule has 0 aliphatic heterocycles. The van der Waals surface area contributed by atoms with Gasteiger partial charge in [-0.15, -0.1) is 0 Å². The fourth-order valence-corrected chi connectivity index (χ4v) is 6.54. The Morgan fingerprint density at radius 1 is 1.27 bits per heavy atom. The number of carbonyl (C=O) groups excluding carboxylic acids is 4. The highest BCUT2D eigenvalue weighted by molar-refractivity contribution is 6.29. The van der Waals surface area contributed by atoms with Crippen LogP contribution in [0.1, 0.15) is 46.0 Å². The number of aldehydes is 1. The average molecular weight is 356 g/mol. The predicted molar refractivity (Wildman–Crippen MR) is 93.0 cm³/mol. The monoisotopic (exact) mass is 356 g/mol. The minimum Gasteiger partial charge on any atom is -0.381 e. The van der Waals surface area contributed by atoms with E-state index in [0.717, 1.165) is 18.4 Å². The molecule has 0 amide bonds. The maximum absolute atomic E-state index is 13.3. The van der Waals surface area contributed by atoms with E-state index in [0.29, 0.717) is 6.42 Å². The molecule has 0 heterocycles. The van der Waals surface area contributed by atoms with Crippen molar-refractivity contribution in [1.82, 2.24) is 0 Å². The summed E-state index contributed by atoms with van der Waals surface area (Å²) >= 11 is 0. The number of rotatable bonds is 2. The molecular weight excluding hydrogens is 332 g/mol. The summed E-state index contributed by atoms with van der Waals surface area (Å²) in [6.07, 6.45) is 7.77. The molecule has 0 aromatic carbocycles. The van der Waals surface area contributed by atoms with Gasteiger partial charge in [-0.3, -0.25) is 19.2 Å². The molecule has 4 aliphatic carbocycles. The largest absolute Gasteiger partial charge is 0.381 e. The zero-order valence-electron chi connectivity index (χ0n) is 15.2. The smallest absolute Gasteiger partial charge is 0.227 e. The molecule has 3 fully saturated rings. The molecule has 4 aliphatic rings. The second kappa shape index (κ2) is 5.32. The molecule has 0 aromatic heterocycles. The van der Waals surface area contributed by atoms with E-state index in [1.807, 2.05) is 13.0 Å². The van der Waals surface area contributed by atoms with E-state index in [1.54, 1.807) is 19.1 Å². The third kappa shape index (κ3) is 1.95. The number of fused-ring (bicyclic) bond motifs is 5. The summed E-state index contributed by atoms with van der Waals surface area (Å²) in [5.74, 6) is -0.980. The Bertz CT molecular complexity index is 792. The Morgan fingerprint density at radius 2 is 2.00 bits per heavy atom. The third-order valence-corrected chi connectivity index (χ3v) is 7.92. The van der Waals surface area contributed by atoms with Crippen LogP contribution in [0.15, 0.2) is 23.8 Å². The molecule has 0 saturated heterocycles. The number of allylic oxidation sites excluding steroid dienone is 4. The summed E-state index contributed by atoms with van der Waals surface area (Å²) in [6, 6.07) is 0. The van der Waals surface area contributed by atoms with Gasteiger partial charge in [-0.05, 0) is 49.7 Å². The Labute approximate surface area is 152 Å². The van der Waals surface area contributed by atoms with Gasteiger partial charge in [0, 0.05) is 23.2 Å². The fraction of sp³-hybridized carbons (Fsp3) is 0.619. The van der Waals surface area contributed by atoms with Crippen LogP contribution in [-0.2, 0) is 19.2 Å². The van der Waals surface area contributed by atoms with Gasteiger partial charge in [0.1, 0.15) is 11.4 Å². The lowest BCUT2D eigenvalue weighted by Crippen LogP contribution is -2.60. The van der Waals surface area contributed by atoms with Crippen LogP contribution in [0.5, 0.6) is 0 Å². The van der Waals surface area contributed by atoms with Crippen LogP contribution < -0.4 is 0 Å². The summed E-state index contributed by atoms with van der Waals surface area (Å²) in [5, 5.41) is 11.1. The topological polar surface area (TPSA) is 88.5 Å². The van der Waals surface area contributed by atoms with Crippen molar-refractivity contribution in [3.63, 3.8) is 0 Å². The normalized spacial score (nSPS) is 46.9. The third-order valence-electron chi connectivity index (χ3n) is 7.92. The van der Waals surface area contributed by atoms with Crippen LogP contribution in [0.2, 0.25) is 0 Å². The molecule has 1 N–H and O–H groups in total. The first-order valence-corrected chi connectivity index (χ1v) is 9.36. The van der Waals surface area contributed by atoms with Gasteiger partial charge < -0.3 is 5.11 Å². The summed E-state index contributed by atoms with van der Waals surface area (Å²) in [4.78, 5) is 48.3. The molecule has 3 saturated carbocycles. The van der Waals surface area contributed by atoms with E-state index in [1.165, 1.54) is 0 Å². The van der Waals surface area contributed by atoms with Crippen molar-refractivity contribution in [2.75, 3.05) is 0 Å². The van der Waals surface area contributed by atoms with Gasteiger partial charge in [0.2, 0.25) is 5.78 Å². The van der Waals surface area contributed by atoms with Crippen molar-refractivity contribution in [1.29, 1.82) is 0 Å². The van der Waals surface area contributed by atoms with Gasteiger partial charge in [0.25, 0.3) is 0 Å². The van der Waals surface area contributed by atoms with Crippen LogP contribution in [0, 0.1) is 28.6 Å². The summed E-state index contributed by atoms with van der Waals surface area (Å²) in [6.45, 7) is 3.82. The van der Waals surface area contributed by atoms with Crippen molar-refractivity contribution in [2.45, 2.75) is 51.6 Å². The molecule has 0 unspecified atom stereocenters. The fourth-order valence-electron chi connectivity index (χ4n) is 6.54. The van der Waals surface area contributed by atoms with E-state index >= 15 is 0 Å². The van der Waals surface area contributed by atoms with Gasteiger partial charge in [0.15, 0.2) is 12.1 Å². The average Bonchev–Trinajstić information content (AvgIpc) is 2.86. The number of hydrogen-bond donors (Lipinski definition) is 1. The van der Waals surface area contributed by atoms with Crippen LogP contribution in [0.25, 0.3) is 0 Å². The summed E-state index contributed by atoms with van der Waals surface area (Å²) in [5.41, 5.74) is -2.09. The molecule has 0 bridgehead atoms. The van der Waals surface area contributed by atoms with Gasteiger partial charge >= 0.3 is 0 Å². The number of hydrogen-bond acceptors (Lipinski definition) is 5. The molecule has 0 spiro atoms. The Balaban J connectivity index is 1.77. The van der Waals surface area contributed by atoms with Crippen molar-refractivity contribution >= 4 is 23.6 Å². The van der Waals surface area contributed by atoms with E-state index < -0.39 is 22.2 Å². The minimum absolute atomic E-state index is 0.0171. The maximum atomic E-state index is 13.3. The number of Topliss-reactive ketones (excluding diaryl/α,β-unsaturated/α-hetero) is 2. The van der Waals surface area contributed by atoms with Crippen LogP contribution in [0.4, 0.5) is 0 Å². The molecule has 0 aromatic rings. The molecule has 4 rings (SSSR count). The minimum atomic E-state index is -1.74. The predicted octanol–water partition coefficient (Wildman–Crippen LogP) is 1.97. The second-order valence-corrected chi connectivity index (χ2v) is 8.92. The molecular formula is C21H24O5. The Kier molecular flexibility index (Phi) is 3.59. The summed E-state index contributed by atoms with van der Waals surface area (Å²) in [7, 11) is 0. The first kappa shape index (κ1) is 17.5. The van der Waals surface area contributed by atoms with Crippen LogP contribution in [0.3, 0.4) is 0 Å². The van der Waals surface area contributed by atoms with Gasteiger partial charge in [-0.25, -0.2) is 0 Å². The lowest BCUT2D eigenvalue weighted by molar-refractivity contribution is -0.167. The number of carbonyl (C=O) groups is 4. The highest BCUT2D eigenvalue weighted by atomic mass is 16.3. The van der Waals surface area contributed by atoms with E-state index in [4.69, 9.17) is 0 Å². The molecule has 138 valence electrons. The number of ketones is 3. The second-order valence-electron chi connectivity index (χ2n) is 8.92. The SMILES string of the molecule is C[C@]12C=CC(=O)C=C1CC[C@H]1[C@@H]2C(=O)C[C@@]2(C)[C@H]1CC[C@]2(O)C(=O)C=O.